The molecule has 0 radical (unpaired) electrons. The maximum absolute atomic E-state index is 5.60. The molecule has 0 saturated heterocycles. The van der Waals surface area contributed by atoms with Crippen LogP contribution >= 0.6 is 0 Å². The van der Waals surface area contributed by atoms with E-state index in [9.17, 15) is 0 Å². The van der Waals surface area contributed by atoms with Crippen LogP contribution in [-0.2, 0) is 9.47 Å². The Hall–Kier alpha value is 0.137. The van der Waals surface area contributed by atoms with Crippen LogP contribution in [0.5, 0.6) is 0 Å². The highest BCUT2D eigenvalue weighted by Crippen LogP contribution is 2.39. The predicted octanol–water partition coefficient (Wildman–Crippen LogP) is 8.62. The lowest BCUT2D eigenvalue weighted by molar-refractivity contribution is 0.0186. The largest absolute Gasteiger partial charge is 0.379 e. The summed E-state index contributed by atoms with van der Waals surface area (Å²) in [6, 6.07) is 1.51. The molecule has 0 atom stereocenters. The van der Waals surface area contributed by atoms with Crippen LogP contribution in [0.3, 0.4) is 0 Å². The average molecular weight is 415 g/mol. The highest BCUT2D eigenvalue weighted by atomic mass is 28.3. The average Bonchev–Trinajstić information content (AvgIpc) is 2.59. The molecule has 2 nitrogen and oxygen atoms in total. The standard InChI is InChI=1S/C25H54O2Si/c1-24(2)27-22-21-26-20-18-16-14-12-10-8-9-11-13-15-17-19-23-28(6,7)25(3,4)5/h24H,8-23H2,1-7H3. The summed E-state index contributed by atoms with van der Waals surface area (Å²) < 4.78 is 11.1. The molecule has 170 valence electrons. The van der Waals surface area contributed by atoms with Crippen LogP contribution in [0.15, 0.2) is 0 Å². The fourth-order valence-corrected chi connectivity index (χ4v) is 5.24. The Labute approximate surface area is 179 Å². The molecule has 3 heteroatoms. The van der Waals surface area contributed by atoms with E-state index in [-0.39, 0.29) is 0 Å². The smallest absolute Gasteiger partial charge is 0.0703 e. The van der Waals surface area contributed by atoms with Gasteiger partial charge in [-0.15, -0.1) is 0 Å². The molecule has 0 rings (SSSR count). The Bertz CT molecular complexity index is 334. The van der Waals surface area contributed by atoms with Gasteiger partial charge in [-0.25, -0.2) is 0 Å². The van der Waals surface area contributed by atoms with Crippen molar-refractivity contribution in [3.8, 4) is 0 Å². The van der Waals surface area contributed by atoms with Crippen molar-refractivity contribution >= 4 is 8.07 Å². The first kappa shape index (κ1) is 28.1. The highest BCUT2D eigenvalue weighted by Gasteiger charge is 2.33. The molecule has 0 aliphatic carbocycles. The lowest BCUT2D eigenvalue weighted by Crippen LogP contribution is -2.36. The van der Waals surface area contributed by atoms with Crippen LogP contribution in [0.2, 0.25) is 24.2 Å². The summed E-state index contributed by atoms with van der Waals surface area (Å²) in [5.74, 6) is 0. The van der Waals surface area contributed by atoms with Gasteiger partial charge in [-0.1, -0.05) is 111 Å². The van der Waals surface area contributed by atoms with Crippen LogP contribution in [0.1, 0.15) is 112 Å². The molecule has 0 saturated carbocycles. The number of rotatable bonds is 19. The van der Waals surface area contributed by atoms with Crippen molar-refractivity contribution in [1.29, 1.82) is 0 Å². The molecule has 0 bridgehead atoms. The van der Waals surface area contributed by atoms with E-state index in [1.54, 1.807) is 0 Å². The molecule has 0 aromatic carbocycles. The van der Waals surface area contributed by atoms with Gasteiger partial charge in [0.05, 0.1) is 27.4 Å². The second-order valence-electron chi connectivity index (χ2n) is 10.7. The van der Waals surface area contributed by atoms with E-state index in [1.165, 1.54) is 83.1 Å². The van der Waals surface area contributed by atoms with Crippen LogP contribution < -0.4 is 0 Å². The van der Waals surface area contributed by atoms with Crippen molar-refractivity contribution in [2.75, 3.05) is 19.8 Å². The van der Waals surface area contributed by atoms with Crippen LogP contribution in [-0.4, -0.2) is 34.0 Å². The minimum Gasteiger partial charge on any atom is -0.379 e. The third-order valence-corrected chi connectivity index (χ3v) is 12.2. The van der Waals surface area contributed by atoms with Gasteiger partial charge in [0.15, 0.2) is 0 Å². The fraction of sp³-hybridized carbons (Fsp3) is 1.00. The molecule has 0 unspecified atom stereocenters. The van der Waals surface area contributed by atoms with Crippen molar-refractivity contribution < 1.29 is 9.47 Å². The molecule has 0 aliphatic rings. The van der Waals surface area contributed by atoms with Gasteiger partial charge in [0.25, 0.3) is 0 Å². The van der Waals surface area contributed by atoms with E-state index in [2.05, 4.69) is 47.7 Å². The van der Waals surface area contributed by atoms with E-state index in [4.69, 9.17) is 9.47 Å². The van der Waals surface area contributed by atoms with Gasteiger partial charge in [0.2, 0.25) is 0 Å². The Balaban J connectivity index is 3.20. The van der Waals surface area contributed by atoms with Gasteiger partial charge in [-0.05, 0) is 25.3 Å². The summed E-state index contributed by atoms with van der Waals surface area (Å²) in [4.78, 5) is 0. The molecule has 0 heterocycles. The molecule has 0 amide bonds. The first-order chi connectivity index (χ1) is 13.2. The van der Waals surface area contributed by atoms with Crippen LogP contribution in [0.25, 0.3) is 0 Å². The van der Waals surface area contributed by atoms with Gasteiger partial charge >= 0.3 is 0 Å². The maximum atomic E-state index is 5.60. The van der Waals surface area contributed by atoms with Crippen molar-refractivity contribution in [2.45, 2.75) is 142 Å². The first-order valence-corrected chi connectivity index (χ1v) is 15.6. The minimum absolute atomic E-state index is 0.316. The molecule has 28 heavy (non-hydrogen) atoms. The van der Waals surface area contributed by atoms with Crippen molar-refractivity contribution in [3.63, 3.8) is 0 Å². The van der Waals surface area contributed by atoms with E-state index >= 15 is 0 Å². The highest BCUT2D eigenvalue weighted by molar-refractivity contribution is 6.80. The number of unbranched alkanes of at least 4 members (excludes halogenated alkanes) is 11. The van der Waals surface area contributed by atoms with Gasteiger partial charge in [-0.2, -0.15) is 0 Å². The maximum Gasteiger partial charge on any atom is 0.0703 e. The first-order valence-electron chi connectivity index (χ1n) is 12.4. The van der Waals surface area contributed by atoms with Crippen LogP contribution in [0, 0.1) is 0 Å². The zero-order valence-corrected chi connectivity index (χ0v) is 21.7. The molecular formula is C25H54O2Si. The normalized spacial score (nSPS) is 12.9. The quantitative estimate of drug-likeness (QED) is 0.155. The number of ether oxygens (including phenoxy) is 2. The van der Waals surface area contributed by atoms with Crippen molar-refractivity contribution in [3.05, 3.63) is 0 Å². The van der Waals surface area contributed by atoms with Crippen molar-refractivity contribution in [2.24, 2.45) is 0 Å². The molecular weight excluding hydrogens is 360 g/mol. The van der Waals surface area contributed by atoms with Crippen LogP contribution in [0.4, 0.5) is 0 Å². The summed E-state index contributed by atoms with van der Waals surface area (Å²) in [7, 11) is -1.03. The van der Waals surface area contributed by atoms with Crippen molar-refractivity contribution in [1.82, 2.24) is 0 Å². The van der Waals surface area contributed by atoms with Gasteiger partial charge in [0, 0.05) is 6.61 Å². The monoisotopic (exact) mass is 414 g/mol. The second-order valence-corrected chi connectivity index (χ2v) is 16.4. The Morgan fingerprint density at radius 1 is 0.607 bits per heavy atom. The Morgan fingerprint density at radius 3 is 1.46 bits per heavy atom. The molecule has 0 spiro atoms. The minimum atomic E-state index is -1.03. The Morgan fingerprint density at radius 2 is 1.04 bits per heavy atom. The Kier molecular flexibility index (Phi) is 17.0. The molecule has 0 fully saturated rings. The van der Waals surface area contributed by atoms with E-state index in [0.29, 0.717) is 11.1 Å². The lowest BCUT2D eigenvalue weighted by Gasteiger charge is -2.37. The predicted molar refractivity (Wildman–Crippen MR) is 129 cm³/mol. The molecule has 0 aromatic rings. The number of hydrogen-bond donors (Lipinski definition) is 0. The molecule has 0 N–H and O–H groups in total. The topological polar surface area (TPSA) is 18.5 Å². The SMILES string of the molecule is CC(C)OCCOCCCCCCCCCCCCCC[Si](C)(C)C(C)(C)C. The van der Waals surface area contributed by atoms with E-state index in [1.807, 2.05) is 0 Å². The zero-order valence-electron chi connectivity index (χ0n) is 20.7. The molecule has 0 aromatic heterocycles. The molecule has 0 aliphatic heterocycles. The van der Waals surface area contributed by atoms with Gasteiger partial charge in [-0.3, -0.25) is 0 Å². The van der Waals surface area contributed by atoms with E-state index < -0.39 is 8.07 Å². The van der Waals surface area contributed by atoms with Gasteiger partial charge in [0.1, 0.15) is 0 Å². The summed E-state index contributed by atoms with van der Waals surface area (Å²) in [5, 5.41) is 0.558. The summed E-state index contributed by atoms with van der Waals surface area (Å²) in [6.45, 7) is 19.0. The summed E-state index contributed by atoms with van der Waals surface area (Å²) >= 11 is 0. The number of hydrogen-bond acceptors (Lipinski definition) is 2. The lowest BCUT2D eigenvalue weighted by atomic mass is 10.1. The van der Waals surface area contributed by atoms with Gasteiger partial charge < -0.3 is 9.47 Å². The fourth-order valence-electron chi connectivity index (χ4n) is 3.36. The zero-order chi connectivity index (χ0) is 21.3. The third kappa shape index (κ3) is 17.0. The van der Waals surface area contributed by atoms with E-state index in [0.717, 1.165) is 19.8 Å². The summed E-state index contributed by atoms with van der Waals surface area (Å²) in [5.41, 5.74) is 0. The third-order valence-electron chi connectivity index (χ3n) is 6.55. The second kappa shape index (κ2) is 16.9. The summed E-state index contributed by atoms with van der Waals surface area (Å²) in [6.07, 6.45) is 17.2.